The standard InChI is InChI=1S/C15H15FN2O2/c1-9-5-4-8-12(13(9)16)20-14-10(2)6-3-7-11(14)15(17)18-19/h3-8,19H,1-2H3,(H2,17,18). The minimum Gasteiger partial charge on any atom is -0.453 e. The number of halogens is 1. The lowest BCUT2D eigenvalue weighted by atomic mass is 10.1. The molecule has 2 aromatic rings. The molecule has 0 saturated heterocycles. The maximum absolute atomic E-state index is 14.0. The van der Waals surface area contributed by atoms with Gasteiger partial charge in [-0.15, -0.1) is 0 Å². The van der Waals surface area contributed by atoms with E-state index in [-0.39, 0.29) is 11.6 Å². The molecule has 0 fully saturated rings. The quantitative estimate of drug-likeness (QED) is 0.390. The average molecular weight is 274 g/mol. The first kappa shape index (κ1) is 13.9. The van der Waals surface area contributed by atoms with Crippen LogP contribution in [-0.2, 0) is 0 Å². The fourth-order valence-electron chi connectivity index (χ4n) is 1.85. The van der Waals surface area contributed by atoms with Crippen molar-refractivity contribution >= 4 is 5.84 Å². The van der Waals surface area contributed by atoms with E-state index in [4.69, 9.17) is 15.7 Å². The van der Waals surface area contributed by atoms with Crippen molar-refractivity contribution in [1.82, 2.24) is 0 Å². The van der Waals surface area contributed by atoms with E-state index < -0.39 is 5.82 Å². The van der Waals surface area contributed by atoms with Crippen LogP contribution in [0.1, 0.15) is 16.7 Å². The van der Waals surface area contributed by atoms with Gasteiger partial charge in [-0.1, -0.05) is 29.4 Å². The predicted molar refractivity (Wildman–Crippen MR) is 74.9 cm³/mol. The molecule has 0 amide bonds. The maximum atomic E-state index is 14.0. The van der Waals surface area contributed by atoms with Gasteiger partial charge in [-0.2, -0.15) is 0 Å². The average Bonchev–Trinajstić information content (AvgIpc) is 2.45. The van der Waals surface area contributed by atoms with Crippen LogP contribution in [0.2, 0.25) is 0 Å². The molecular weight excluding hydrogens is 259 g/mol. The monoisotopic (exact) mass is 274 g/mol. The smallest absolute Gasteiger partial charge is 0.173 e. The number of para-hydroxylation sites is 1. The summed E-state index contributed by atoms with van der Waals surface area (Å²) in [7, 11) is 0. The van der Waals surface area contributed by atoms with Gasteiger partial charge in [0, 0.05) is 0 Å². The zero-order valence-corrected chi connectivity index (χ0v) is 11.2. The summed E-state index contributed by atoms with van der Waals surface area (Å²) in [5.41, 5.74) is 7.27. The number of aryl methyl sites for hydroxylation is 2. The summed E-state index contributed by atoms with van der Waals surface area (Å²) in [5, 5.41) is 11.8. The van der Waals surface area contributed by atoms with Gasteiger partial charge in [0.25, 0.3) is 0 Å². The number of oxime groups is 1. The lowest BCUT2D eigenvalue weighted by Gasteiger charge is -2.14. The summed E-state index contributed by atoms with van der Waals surface area (Å²) in [6, 6.07) is 10.1. The SMILES string of the molecule is Cc1cccc(Oc2c(C)cccc2/C(N)=N/O)c1F. The molecule has 20 heavy (non-hydrogen) atoms. The van der Waals surface area contributed by atoms with Gasteiger partial charge in [0.1, 0.15) is 5.75 Å². The van der Waals surface area contributed by atoms with Gasteiger partial charge in [-0.25, -0.2) is 4.39 Å². The van der Waals surface area contributed by atoms with Crippen LogP contribution in [0.15, 0.2) is 41.6 Å². The van der Waals surface area contributed by atoms with Crippen molar-refractivity contribution in [3.05, 3.63) is 58.9 Å². The van der Waals surface area contributed by atoms with Crippen molar-refractivity contribution in [3.63, 3.8) is 0 Å². The number of rotatable bonds is 3. The van der Waals surface area contributed by atoms with Crippen molar-refractivity contribution in [3.8, 4) is 11.5 Å². The lowest BCUT2D eigenvalue weighted by Crippen LogP contribution is -2.14. The van der Waals surface area contributed by atoms with Crippen LogP contribution in [-0.4, -0.2) is 11.0 Å². The van der Waals surface area contributed by atoms with Crippen LogP contribution in [0.4, 0.5) is 4.39 Å². The van der Waals surface area contributed by atoms with Gasteiger partial charge in [-0.05, 0) is 37.1 Å². The van der Waals surface area contributed by atoms with Crippen molar-refractivity contribution in [2.45, 2.75) is 13.8 Å². The molecule has 104 valence electrons. The van der Waals surface area contributed by atoms with E-state index in [1.807, 2.05) is 0 Å². The number of benzene rings is 2. The first-order chi connectivity index (χ1) is 9.54. The molecule has 0 spiro atoms. The van der Waals surface area contributed by atoms with Gasteiger partial charge in [-0.3, -0.25) is 0 Å². The Labute approximate surface area is 116 Å². The molecule has 0 saturated carbocycles. The summed E-state index contributed by atoms with van der Waals surface area (Å²) in [6.45, 7) is 3.46. The van der Waals surface area contributed by atoms with E-state index >= 15 is 0 Å². The summed E-state index contributed by atoms with van der Waals surface area (Å²) in [5.74, 6) is -0.0448. The molecule has 3 N–H and O–H groups in total. The van der Waals surface area contributed by atoms with Crippen LogP contribution in [0.5, 0.6) is 11.5 Å². The highest BCUT2D eigenvalue weighted by atomic mass is 19.1. The molecule has 0 aliphatic rings. The van der Waals surface area contributed by atoms with Crippen molar-refractivity contribution in [2.75, 3.05) is 0 Å². The number of nitrogens with zero attached hydrogens (tertiary/aromatic N) is 1. The van der Waals surface area contributed by atoms with Crippen LogP contribution < -0.4 is 10.5 Å². The fraction of sp³-hybridized carbons (Fsp3) is 0.133. The third-order valence-corrected chi connectivity index (χ3v) is 2.96. The van der Waals surface area contributed by atoms with E-state index in [0.29, 0.717) is 16.9 Å². The summed E-state index contributed by atoms with van der Waals surface area (Å²) >= 11 is 0. The summed E-state index contributed by atoms with van der Waals surface area (Å²) in [6.07, 6.45) is 0. The first-order valence-electron chi connectivity index (χ1n) is 6.05. The van der Waals surface area contributed by atoms with Gasteiger partial charge in [0.15, 0.2) is 17.4 Å². The molecular formula is C15H15FN2O2. The van der Waals surface area contributed by atoms with Crippen LogP contribution >= 0.6 is 0 Å². The zero-order valence-electron chi connectivity index (χ0n) is 11.2. The van der Waals surface area contributed by atoms with Crippen molar-refractivity contribution in [2.24, 2.45) is 10.9 Å². The third-order valence-electron chi connectivity index (χ3n) is 2.96. The Hall–Kier alpha value is -2.56. The third kappa shape index (κ3) is 2.56. The van der Waals surface area contributed by atoms with Crippen LogP contribution in [0.25, 0.3) is 0 Å². The molecule has 0 aliphatic heterocycles. The number of hydrogen-bond acceptors (Lipinski definition) is 3. The Morgan fingerprint density at radius 2 is 1.80 bits per heavy atom. The zero-order chi connectivity index (χ0) is 14.7. The first-order valence-corrected chi connectivity index (χ1v) is 6.05. The van der Waals surface area contributed by atoms with E-state index in [0.717, 1.165) is 5.56 Å². The Kier molecular flexibility index (Phi) is 3.89. The normalized spacial score (nSPS) is 11.4. The molecule has 0 atom stereocenters. The summed E-state index contributed by atoms with van der Waals surface area (Å²) < 4.78 is 19.6. The Bertz CT molecular complexity index is 669. The fourth-order valence-corrected chi connectivity index (χ4v) is 1.85. The molecule has 2 rings (SSSR count). The van der Waals surface area contributed by atoms with Gasteiger partial charge in [0.05, 0.1) is 5.56 Å². The van der Waals surface area contributed by atoms with E-state index in [1.54, 1.807) is 44.2 Å². The molecule has 4 nitrogen and oxygen atoms in total. The largest absolute Gasteiger partial charge is 0.453 e. The van der Waals surface area contributed by atoms with Gasteiger partial charge >= 0.3 is 0 Å². The van der Waals surface area contributed by atoms with Gasteiger partial charge < -0.3 is 15.7 Å². The Morgan fingerprint density at radius 3 is 2.50 bits per heavy atom. The van der Waals surface area contributed by atoms with E-state index in [9.17, 15) is 4.39 Å². The van der Waals surface area contributed by atoms with Crippen LogP contribution in [0, 0.1) is 19.7 Å². The molecule has 0 aliphatic carbocycles. The number of hydrogen-bond donors (Lipinski definition) is 2. The molecule has 2 aromatic carbocycles. The molecule has 0 unspecified atom stereocenters. The predicted octanol–water partition coefficient (Wildman–Crippen LogP) is 3.33. The Morgan fingerprint density at radius 1 is 1.15 bits per heavy atom. The number of amidine groups is 1. The highest BCUT2D eigenvalue weighted by Crippen LogP contribution is 2.31. The second-order valence-corrected chi connectivity index (χ2v) is 4.43. The number of nitrogens with two attached hydrogens (primary N) is 1. The van der Waals surface area contributed by atoms with Crippen molar-refractivity contribution < 1.29 is 14.3 Å². The van der Waals surface area contributed by atoms with Crippen molar-refractivity contribution in [1.29, 1.82) is 0 Å². The molecule has 0 bridgehead atoms. The topological polar surface area (TPSA) is 67.8 Å². The summed E-state index contributed by atoms with van der Waals surface area (Å²) in [4.78, 5) is 0. The van der Waals surface area contributed by atoms with E-state index in [1.165, 1.54) is 6.07 Å². The second-order valence-electron chi connectivity index (χ2n) is 4.43. The number of ether oxygens (including phenoxy) is 1. The maximum Gasteiger partial charge on any atom is 0.173 e. The highest BCUT2D eigenvalue weighted by molar-refractivity contribution is 6.00. The van der Waals surface area contributed by atoms with E-state index in [2.05, 4.69) is 5.16 Å². The Balaban J connectivity index is 2.51. The molecule has 0 aromatic heterocycles. The second kappa shape index (κ2) is 5.61. The highest BCUT2D eigenvalue weighted by Gasteiger charge is 2.14. The van der Waals surface area contributed by atoms with Gasteiger partial charge in [0.2, 0.25) is 0 Å². The minimum atomic E-state index is -0.429. The molecule has 5 heteroatoms. The minimum absolute atomic E-state index is 0.0863. The molecule has 0 heterocycles. The lowest BCUT2D eigenvalue weighted by molar-refractivity contribution is 0.318. The molecule has 0 radical (unpaired) electrons. The van der Waals surface area contributed by atoms with Crippen LogP contribution in [0.3, 0.4) is 0 Å².